The molecule has 4 N–H and O–H groups in total. The second-order valence-corrected chi connectivity index (χ2v) is 6.38. The standard InChI is InChI=1S/C15H26N6O2/c1-20-7-9-23-15(11-20)2-5-21(6-3-15)13-10-12(17-4-8-22)18-14(16)19-13/h10,22H,2-9,11H2,1H3,(H3,16,17,18,19). The van der Waals surface area contributed by atoms with Gasteiger partial charge in [-0.3, -0.25) is 0 Å². The molecular weight excluding hydrogens is 296 g/mol. The van der Waals surface area contributed by atoms with E-state index in [1.807, 2.05) is 6.07 Å². The Labute approximate surface area is 136 Å². The van der Waals surface area contributed by atoms with E-state index in [2.05, 4.69) is 32.1 Å². The molecule has 0 aliphatic carbocycles. The molecule has 1 aromatic rings. The van der Waals surface area contributed by atoms with E-state index in [9.17, 15) is 0 Å². The molecule has 2 fully saturated rings. The van der Waals surface area contributed by atoms with Gasteiger partial charge in [-0.1, -0.05) is 0 Å². The second kappa shape index (κ2) is 6.86. The van der Waals surface area contributed by atoms with E-state index >= 15 is 0 Å². The number of ether oxygens (including phenoxy) is 1. The third-order valence-corrected chi connectivity index (χ3v) is 4.59. The van der Waals surface area contributed by atoms with Crippen molar-refractivity contribution in [3.05, 3.63) is 6.07 Å². The van der Waals surface area contributed by atoms with Crippen LogP contribution in [0.5, 0.6) is 0 Å². The van der Waals surface area contributed by atoms with Crippen molar-refractivity contribution < 1.29 is 9.84 Å². The maximum atomic E-state index is 8.91. The molecule has 0 aromatic carbocycles. The van der Waals surface area contributed by atoms with Gasteiger partial charge in [-0.2, -0.15) is 9.97 Å². The minimum absolute atomic E-state index is 0.0138. The number of hydrogen-bond acceptors (Lipinski definition) is 8. The molecule has 0 saturated carbocycles. The SMILES string of the molecule is CN1CCOC2(CCN(c3cc(NCCO)nc(N)n3)CC2)C1. The molecule has 2 saturated heterocycles. The molecule has 3 heterocycles. The van der Waals surface area contributed by atoms with Crippen molar-refractivity contribution >= 4 is 17.6 Å². The highest BCUT2D eigenvalue weighted by Crippen LogP contribution is 2.31. The van der Waals surface area contributed by atoms with Crippen LogP contribution in [0.3, 0.4) is 0 Å². The summed E-state index contributed by atoms with van der Waals surface area (Å²) < 4.78 is 6.10. The highest BCUT2D eigenvalue weighted by Gasteiger charge is 2.39. The lowest BCUT2D eigenvalue weighted by atomic mass is 9.89. The molecule has 128 valence electrons. The number of anilines is 3. The third-order valence-electron chi connectivity index (χ3n) is 4.59. The number of morpholine rings is 1. The van der Waals surface area contributed by atoms with Crippen molar-refractivity contribution in [1.82, 2.24) is 14.9 Å². The molecule has 0 radical (unpaired) electrons. The van der Waals surface area contributed by atoms with Gasteiger partial charge in [0.1, 0.15) is 11.6 Å². The van der Waals surface area contributed by atoms with Crippen LogP contribution in [0.25, 0.3) is 0 Å². The van der Waals surface area contributed by atoms with Crippen LogP contribution in [0.2, 0.25) is 0 Å². The largest absolute Gasteiger partial charge is 0.395 e. The van der Waals surface area contributed by atoms with Crippen LogP contribution >= 0.6 is 0 Å². The molecule has 3 rings (SSSR count). The predicted molar refractivity (Wildman–Crippen MR) is 89.6 cm³/mol. The van der Waals surface area contributed by atoms with Crippen molar-refractivity contribution in [2.24, 2.45) is 0 Å². The number of aromatic nitrogens is 2. The first-order valence-corrected chi connectivity index (χ1v) is 8.17. The van der Waals surface area contributed by atoms with Gasteiger partial charge < -0.3 is 30.7 Å². The number of hydrogen-bond donors (Lipinski definition) is 3. The van der Waals surface area contributed by atoms with Crippen molar-refractivity contribution in [2.45, 2.75) is 18.4 Å². The number of nitrogens with two attached hydrogens (primary N) is 1. The number of nitrogens with zero attached hydrogens (tertiary/aromatic N) is 4. The average Bonchev–Trinajstić information content (AvgIpc) is 2.53. The molecular formula is C15H26N6O2. The van der Waals surface area contributed by atoms with Crippen LogP contribution in [-0.2, 0) is 4.74 Å². The van der Waals surface area contributed by atoms with E-state index in [0.717, 1.165) is 51.4 Å². The topological polar surface area (TPSA) is 99.8 Å². The van der Waals surface area contributed by atoms with E-state index < -0.39 is 0 Å². The zero-order valence-electron chi connectivity index (χ0n) is 13.7. The van der Waals surface area contributed by atoms with Crippen LogP contribution in [0.15, 0.2) is 6.07 Å². The van der Waals surface area contributed by atoms with E-state index in [0.29, 0.717) is 12.4 Å². The number of rotatable bonds is 4. The Kier molecular flexibility index (Phi) is 4.84. The van der Waals surface area contributed by atoms with Crippen LogP contribution in [0.1, 0.15) is 12.8 Å². The monoisotopic (exact) mass is 322 g/mol. The first kappa shape index (κ1) is 16.2. The molecule has 0 unspecified atom stereocenters. The average molecular weight is 322 g/mol. The molecule has 8 heteroatoms. The summed E-state index contributed by atoms with van der Waals surface area (Å²) in [6.07, 6.45) is 1.97. The lowest BCUT2D eigenvalue weighted by Gasteiger charge is -2.46. The zero-order valence-corrected chi connectivity index (χ0v) is 13.7. The number of nitrogen functional groups attached to an aromatic ring is 1. The van der Waals surface area contributed by atoms with Crippen molar-refractivity contribution in [2.75, 3.05) is 68.9 Å². The van der Waals surface area contributed by atoms with Gasteiger partial charge in [0.05, 0.1) is 18.8 Å². The van der Waals surface area contributed by atoms with Gasteiger partial charge in [-0.25, -0.2) is 0 Å². The maximum Gasteiger partial charge on any atom is 0.223 e. The molecule has 2 aliphatic rings. The van der Waals surface area contributed by atoms with Crippen molar-refractivity contribution in [3.8, 4) is 0 Å². The summed E-state index contributed by atoms with van der Waals surface area (Å²) >= 11 is 0. The van der Waals surface area contributed by atoms with Gasteiger partial charge in [0.25, 0.3) is 0 Å². The smallest absolute Gasteiger partial charge is 0.223 e. The molecule has 0 bridgehead atoms. The van der Waals surface area contributed by atoms with Gasteiger partial charge >= 0.3 is 0 Å². The summed E-state index contributed by atoms with van der Waals surface area (Å²) in [5, 5.41) is 11.9. The number of piperidine rings is 1. The Morgan fingerprint density at radius 3 is 2.83 bits per heavy atom. The number of aliphatic hydroxyl groups is 1. The lowest BCUT2D eigenvalue weighted by Crippen LogP contribution is -2.56. The summed E-state index contributed by atoms with van der Waals surface area (Å²) in [4.78, 5) is 13.1. The number of nitrogens with one attached hydrogen (secondary N) is 1. The summed E-state index contributed by atoms with van der Waals surface area (Å²) in [5.41, 5.74) is 5.80. The van der Waals surface area contributed by atoms with Gasteiger partial charge in [0.15, 0.2) is 0 Å². The van der Waals surface area contributed by atoms with E-state index in [1.54, 1.807) is 0 Å². The fraction of sp³-hybridized carbons (Fsp3) is 0.733. The highest BCUT2D eigenvalue weighted by atomic mass is 16.5. The van der Waals surface area contributed by atoms with E-state index in [4.69, 9.17) is 15.6 Å². The highest BCUT2D eigenvalue weighted by molar-refractivity contribution is 5.53. The first-order valence-electron chi connectivity index (χ1n) is 8.17. The van der Waals surface area contributed by atoms with Crippen molar-refractivity contribution in [1.29, 1.82) is 0 Å². The van der Waals surface area contributed by atoms with Crippen LogP contribution < -0.4 is 16.0 Å². The summed E-state index contributed by atoms with van der Waals surface area (Å²) in [6.45, 7) is 5.10. The second-order valence-electron chi connectivity index (χ2n) is 6.38. The number of likely N-dealkylation sites (N-methyl/N-ethyl adjacent to an activating group) is 1. The normalized spacial score (nSPS) is 21.6. The minimum Gasteiger partial charge on any atom is -0.395 e. The molecule has 1 aromatic heterocycles. The predicted octanol–water partition coefficient (Wildman–Crippen LogP) is -0.236. The Balaban J connectivity index is 1.66. The minimum atomic E-state index is -0.0138. The Hall–Kier alpha value is -1.64. The summed E-state index contributed by atoms with van der Waals surface area (Å²) in [7, 11) is 2.15. The molecule has 23 heavy (non-hydrogen) atoms. The zero-order chi connectivity index (χ0) is 16.3. The van der Waals surface area contributed by atoms with Gasteiger partial charge in [0.2, 0.25) is 5.95 Å². The quantitative estimate of drug-likeness (QED) is 0.699. The molecule has 0 atom stereocenters. The van der Waals surface area contributed by atoms with Crippen LogP contribution in [0, 0.1) is 0 Å². The van der Waals surface area contributed by atoms with Crippen molar-refractivity contribution in [3.63, 3.8) is 0 Å². The van der Waals surface area contributed by atoms with Crippen LogP contribution in [0.4, 0.5) is 17.6 Å². The molecule has 1 spiro atoms. The van der Waals surface area contributed by atoms with Gasteiger partial charge in [-0.05, 0) is 19.9 Å². The third kappa shape index (κ3) is 3.82. The fourth-order valence-corrected chi connectivity index (χ4v) is 3.37. The van der Waals surface area contributed by atoms with Gasteiger partial charge in [0, 0.05) is 38.8 Å². The summed E-state index contributed by atoms with van der Waals surface area (Å²) in [5.74, 6) is 1.73. The van der Waals surface area contributed by atoms with Gasteiger partial charge in [-0.15, -0.1) is 0 Å². The van der Waals surface area contributed by atoms with E-state index in [-0.39, 0.29) is 18.2 Å². The number of aliphatic hydroxyl groups excluding tert-OH is 1. The first-order chi connectivity index (χ1) is 11.1. The maximum absolute atomic E-state index is 8.91. The fourth-order valence-electron chi connectivity index (χ4n) is 3.37. The van der Waals surface area contributed by atoms with Crippen LogP contribution in [-0.4, -0.2) is 78.6 Å². The Morgan fingerprint density at radius 1 is 1.35 bits per heavy atom. The Bertz CT molecular complexity index is 533. The molecule has 8 nitrogen and oxygen atoms in total. The Morgan fingerprint density at radius 2 is 2.13 bits per heavy atom. The molecule has 0 amide bonds. The van der Waals surface area contributed by atoms with E-state index in [1.165, 1.54) is 0 Å². The molecule has 2 aliphatic heterocycles. The summed E-state index contributed by atoms with van der Waals surface area (Å²) in [6, 6.07) is 1.89. The lowest BCUT2D eigenvalue weighted by molar-refractivity contribution is -0.115.